The molecule has 5 heteroatoms. The van der Waals surface area contributed by atoms with Crippen LogP contribution in [0.5, 0.6) is 0 Å². The fraction of sp³-hybridized carbons (Fsp3) is 0.615. The van der Waals surface area contributed by atoms with Crippen LogP contribution in [-0.4, -0.2) is 28.6 Å². The normalized spacial score (nSPS) is 19.7. The van der Waals surface area contributed by atoms with Crippen molar-refractivity contribution in [1.29, 1.82) is 0 Å². The van der Waals surface area contributed by atoms with E-state index in [1.165, 1.54) is 6.42 Å². The second-order valence-electron chi connectivity index (χ2n) is 5.18. The Bertz CT molecular complexity index is 423. The summed E-state index contributed by atoms with van der Waals surface area (Å²) in [7, 11) is 0. The summed E-state index contributed by atoms with van der Waals surface area (Å²) in [6.45, 7) is 7.15. The molecule has 0 saturated carbocycles. The number of nitrogens with zero attached hydrogens (tertiary/aromatic N) is 2. The second kappa shape index (κ2) is 5.68. The summed E-state index contributed by atoms with van der Waals surface area (Å²) in [5.41, 5.74) is 6.66. The van der Waals surface area contributed by atoms with Gasteiger partial charge in [-0.25, -0.2) is 4.98 Å². The highest BCUT2D eigenvalue weighted by molar-refractivity contribution is 8.00. The van der Waals surface area contributed by atoms with Crippen molar-refractivity contribution in [2.75, 3.05) is 23.7 Å². The van der Waals surface area contributed by atoms with Crippen LogP contribution in [0.25, 0.3) is 0 Å². The standard InChI is InChI=1S/C13H20ClN3S/c1-13(2)3-4-17(5-6-18-13)12-7-10(8-15)11(14)9-16-12/h7,9H,3-6,8,15H2,1-2H3. The van der Waals surface area contributed by atoms with Crippen molar-refractivity contribution in [2.24, 2.45) is 5.73 Å². The molecule has 100 valence electrons. The van der Waals surface area contributed by atoms with E-state index < -0.39 is 0 Å². The largest absolute Gasteiger partial charge is 0.356 e. The Morgan fingerprint density at radius 2 is 2.28 bits per heavy atom. The molecule has 2 N–H and O–H groups in total. The highest BCUT2D eigenvalue weighted by Crippen LogP contribution is 2.32. The van der Waals surface area contributed by atoms with Gasteiger partial charge < -0.3 is 10.6 Å². The Morgan fingerprint density at radius 1 is 1.50 bits per heavy atom. The van der Waals surface area contributed by atoms with Crippen LogP contribution >= 0.6 is 23.4 Å². The Morgan fingerprint density at radius 3 is 3.00 bits per heavy atom. The molecule has 0 bridgehead atoms. The van der Waals surface area contributed by atoms with Gasteiger partial charge in [-0.1, -0.05) is 25.4 Å². The number of rotatable bonds is 2. The van der Waals surface area contributed by atoms with Gasteiger partial charge >= 0.3 is 0 Å². The molecule has 18 heavy (non-hydrogen) atoms. The van der Waals surface area contributed by atoms with Crippen LogP contribution in [0.1, 0.15) is 25.8 Å². The van der Waals surface area contributed by atoms with E-state index in [1.807, 2.05) is 17.8 Å². The van der Waals surface area contributed by atoms with E-state index in [0.717, 1.165) is 30.2 Å². The van der Waals surface area contributed by atoms with Crippen molar-refractivity contribution in [3.8, 4) is 0 Å². The average Bonchev–Trinajstić information content (AvgIpc) is 2.51. The average molecular weight is 286 g/mol. The van der Waals surface area contributed by atoms with E-state index in [9.17, 15) is 0 Å². The van der Waals surface area contributed by atoms with Gasteiger partial charge in [-0.15, -0.1) is 0 Å². The summed E-state index contributed by atoms with van der Waals surface area (Å²) in [5, 5.41) is 0.658. The van der Waals surface area contributed by atoms with Gasteiger partial charge in [0.15, 0.2) is 0 Å². The second-order valence-corrected chi connectivity index (χ2v) is 7.39. The number of thioether (sulfide) groups is 1. The van der Waals surface area contributed by atoms with Gasteiger partial charge in [-0.2, -0.15) is 11.8 Å². The Labute approximate surface area is 118 Å². The van der Waals surface area contributed by atoms with Crippen LogP contribution in [0.4, 0.5) is 5.82 Å². The van der Waals surface area contributed by atoms with Crippen molar-refractivity contribution in [3.05, 3.63) is 22.8 Å². The summed E-state index contributed by atoms with van der Waals surface area (Å²) in [6.07, 6.45) is 2.88. The summed E-state index contributed by atoms with van der Waals surface area (Å²) in [6, 6.07) is 2.02. The number of pyridine rings is 1. The molecule has 3 nitrogen and oxygen atoms in total. The molecule has 0 amide bonds. The number of halogens is 1. The molecule has 0 radical (unpaired) electrons. The lowest BCUT2D eigenvalue weighted by atomic mass is 10.1. The Balaban J connectivity index is 2.16. The molecule has 0 spiro atoms. The fourth-order valence-corrected chi connectivity index (χ4v) is 3.33. The van der Waals surface area contributed by atoms with Gasteiger partial charge in [-0.3, -0.25) is 0 Å². The molecule has 1 aliphatic rings. The number of nitrogens with two attached hydrogens (primary N) is 1. The maximum Gasteiger partial charge on any atom is 0.128 e. The van der Waals surface area contributed by atoms with Crippen LogP contribution in [0.15, 0.2) is 12.3 Å². The van der Waals surface area contributed by atoms with Crippen LogP contribution < -0.4 is 10.6 Å². The van der Waals surface area contributed by atoms with Crippen LogP contribution in [0.3, 0.4) is 0 Å². The maximum absolute atomic E-state index is 6.05. The third-order valence-corrected chi connectivity index (χ3v) is 5.01. The predicted octanol–water partition coefficient (Wildman–Crippen LogP) is 2.92. The quantitative estimate of drug-likeness (QED) is 0.907. The first-order valence-corrected chi connectivity index (χ1v) is 7.61. The van der Waals surface area contributed by atoms with Crippen molar-refractivity contribution in [1.82, 2.24) is 4.98 Å². The summed E-state index contributed by atoms with van der Waals surface area (Å²) >= 11 is 8.08. The zero-order valence-electron chi connectivity index (χ0n) is 10.9. The molecule has 1 aliphatic heterocycles. The first-order chi connectivity index (χ1) is 8.52. The third-order valence-electron chi connectivity index (χ3n) is 3.30. The zero-order chi connectivity index (χ0) is 13.2. The first-order valence-electron chi connectivity index (χ1n) is 6.25. The maximum atomic E-state index is 6.05. The van der Waals surface area contributed by atoms with Gasteiger partial charge in [0.2, 0.25) is 0 Å². The van der Waals surface area contributed by atoms with E-state index in [0.29, 0.717) is 16.3 Å². The molecule has 0 aliphatic carbocycles. The van der Waals surface area contributed by atoms with Gasteiger partial charge in [0.25, 0.3) is 0 Å². The summed E-state index contributed by atoms with van der Waals surface area (Å²) < 4.78 is 0.359. The highest BCUT2D eigenvalue weighted by atomic mass is 35.5. The Kier molecular flexibility index (Phi) is 4.41. The van der Waals surface area contributed by atoms with E-state index in [4.69, 9.17) is 17.3 Å². The zero-order valence-corrected chi connectivity index (χ0v) is 12.5. The molecular formula is C13H20ClN3S. The first kappa shape index (κ1) is 14.0. The minimum atomic E-state index is 0.359. The Hall–Kier alpha value is -0.450. The van der Waals surface area contributed by atoms with Gasteiger partial charge in [0, 0.05) is 36.3 Å². The molecule has 1 fully saturated rings. The molecule has 0 atom stereocenters. The molecule has 2 heterocycles. The molecule has 1 aromatic rings. The van der Waals surface area contributed by atoms with E-state index in [-0.39, 0.29) is 0 Å². The van der Waals surface area contributed by atoms with E-state index in [2.05, 4.69) is 23.7 Å². The summed E-state index contributed by atoms with van der Waals surface area (Å²) in [4.78, 5) is 6.76. The number of hydrogen-bond donors (Lipinski definition) is 1. The third kappa shape index (κ3) is 3.31. The molecule has 0 unspecified atom stereocenters. The van der Waals surface area contributed by atoms with Gasteiger partial charge in [-0.05, 0) is 18.1 Å². The molecule has 1 saturated heterocycles. The molecular weight excluding hydrogens is 266 g/mol. The van der Waals surface area contributed by atoms with E-state index >= 15 is 0 Å². The lowest BCUT2D eigenvalue weighted by molar-refractivity contribution is 0.635. The molecule has 2 rings (SSSR count). The van der Waals surface area contributed by atoms with Gasteiger partial charge in [0.05, 0.1) is 5.02 Å². The number of hydrogen-bond acceptors (Lipinski definition) is 4. The lowest BCUT2D eigenvalue weighted by Gasteiger charge is -2.23. The van der Waals surface area contributed by atoms with Crippen LogP contribution in [0.2, 0.25) is 5.02 Å². The number of aromatic nitrogens is 1. The lowest BCUT2D eigenvalue weighted by Crippen LogP contribution is -2.27. The van der Waals surface area contributed by atoms with Crippen molar-refractivity contribution in [2.45, 2.75) is 31.6 Å². The van der Waals surface area contributed by atoms with Crippen LogP contribution in [0, 0.1) is 0 Å². The SMILES string of the molecule is CC1(C)CCN(c2cc(CN)c(Cl)cn2)CCS1. The van der Waals surface area contributed by atoms with Crippen molar-refractivity contribution >= 4 is 29.2 Å². The molecule has 1 aromatic heterocycles. The van der Waals surface area contributed by atoms with Crippen molar-refractivity contribution < 1.29 is 0 Å². The van der Waals surface area contributed by atoms with Crippen molar-refractivity contribution in [3.63, 3.8) is 0 Å². The minimum Gasteiger partial charge on any atom is -0.356 e. The highest BCUT2D eigenvalue weighted by Gasteiger charge is 2.24. The molecule has 0 aromatic carbocycles. The topological polar surface area (TPSA) is 42.1 Å². The minimum absolute atomic E-state index is 0.359. The van der Waals surface area contributed by atoms with E-state index in [1.54, 1.807) is 6.20 Å². The number of anilines is 1. The smallest absolute Gasteiger partial charge is 0.128 e. The van der Waals surface area contributed by atoms with Crippen LogP contribution in [-0.2, 0) is 6.54 Å². The fourth-order valence-electron chi connectivity index (χ4n) is 2.05. The monoisotopic (exact) mass is 285 g/mol. The summed E-state index contributed by atoms with van der Waals surface area (Å²) in [5.74, 6) is 2.13. The predicted molar refractivity (Wildman–Crippen MR) is 80.5 cm³/mol. The van der Waals surface area contributed by atoms with Gasteiger partial charge in [0.1, 0.15) is 5.82 Å².